The first kappa shape index (κ1) is 12.1. The average molecular weight is 244 g/mol. The lowest BCUT2D eigenvalue weighted by atomic mass is 9.82. The number of fused-ring (bicyclic) bond motifs is 1. The molecule has 0 amide bonds. The van der Waals surface area contributed by atoms with E-state index in [1.807, 2.05) is 0 Å². The lowest BCUT2D eigenvalue weighted by Gasteiger charge is -2.25. The Kier molecular flexibility index (Phi) is 2.95. The van der Waals surface area contributed by atoms with Gasteiger partial charge in [0.2, 0.25) is 6.79 Å². The van der Waals surface area contributed by atoms with Crippen LogP contribution in [0.3, 0.4) is 0 Å². The van der Waals surface area contributed by atoms with Crippen LogP contribution < -0.4 is 9.47 Å². The summed E-state index contributed by atoms with van der Waals surface area (Å²) in [6, 6.07) is 2.82. The second-order valence-corrected chi connectivity index (χ2v) is 4.64. The highest BCUT2D eigenvalue weighted by molar-refractivity contribution is 5.51. The van der Waals surface area contributed by atoms with Crippen molar-refractivity contribution < 1.29 is 23.4 Å². The van der Waals surface area contributed by atoms with Gasteiger partial charge >= 0.3 is 0 Å². The Bertz CT molecular complexity index is 430. The second kappa shape index (κ2) is 4.14. The molecular formula is C12H14F2O3. The first-order chi connectivity index (χ1) is 7.95. The number of aliphatic hydroxyl groups is 1. The molecule has 0 atom stereocenters. The first-order valence-electron chi connectivity index (χ1n) is 5.29. The largest absolute Gasteiger partial charge is 0.454 e. The van der Waals surface area contributed by atoms with Crippen molar-refractivity contribution in [3.8, 4) is 11.5 Å². The summed E-state index contributed by atoms with van der Waals surface area (Å²) in [5, 5.41) is 9.29. The Morgan fingerprint density at radius 3 is 2.41 bits per heavy atom. The molecule has 2 rings (SSSR count). The van der Waals surface area contributed by atoms with E-state index in [1.54, 1.807) is 13.8 Å². The molecular weight excluding hydrogens is 230 g/mol. The van der Waals surface area contributed by atoms with Crippen LogP contribution in [0.25, 0.3) is 0 Å². The van der Waals surface area contributed by atoms with Crippen LogP contribution in [0.15, 0.2) is 12.1 Å². The van der Waals surface area contributed by atoms with Gasteiger partial charge in [0.25, 0.3) is 6.43 Å². The van der Waals surface area contributed by atoms with Gasteiger partial charge in [0, 0.05) is 11.0 Å². The number of hydrogen-bond acceptors (Lipinski definition) is 3. The maximum absolute atomic E-state index is 13.0. The summed E-state index contributed by atoms with van der Waals surface area (Å²) < 4.78 is 36.2. The molecule has 5 heteroatoms. The van der Waals surface area contributed by atoms with Crippen molar-refractivity contribution in [3.63, 3.8) is 0 Å². The van der Waals surface area contributed by atoms with Gasteiger partial charge in [0.05, 0.1) is 6.61 Å². The van der Waals surface area contributed by atoms with Crippen molar-refractivity contribution >= 4 is 0 Å². The van der Waals surface area contributed by atoms with Crippen LogP contribution in [0, 0.1) is 0 Å². The highest BCUT2D eigenvalue weighted by Gasteiger charge is 2.30. The monoisotopic (exact) mass is 244 g/mol. The highest BCUT2D eigenvalue weighted by Crippen LogP contribution is 2.42. The quantitative estimate of drug-likeness (QED) is 0.888. The number of ether oxygens (including phenoxy) is 2. The average Bonchev–Trinajstić information content (AvgIpc) is 2.74. The predicted octanol–water partition coefficient (Wildman–Crippen LogP) is 2.62. The fraction of sp³-hybridized carbons (Fsp3) is 0.500. The van der Waals surface area contributed by atoms with Crippen molar-refractivity contribution in [1.82, 2.24) is 0 Å². The standard InChI is InChI=1S/C12H14F2O3/c1-12(2,5-15)8-4-10-9(16-6-17-10)3-7(8)11(13)14/h3-4,11,15H,5-6H2,1-2H3. The summed E-state index contributed by atoms with van der Waals surface area (Å²) in [6.45, 7) is 3.24. The zero-order valence-electron chi connectivity index (χ0n) is 9.67. The Morgan fingerprint density at radius 2 is 1.88 bits per heavy atom. The van der Waals surface area contributed by atoms with E-state index in [0.29, 0.717) is 17.1 Å². The minimum absolute atomic E-state index is 0.0427. The van der Waals surface area contributed by atoms with E-state index in [-0.39, 0.29) is 19.0 Å². The third-order valence-corrected chi connectivity index (χ3v) is 2.90. The van der Waals surface area contributed by atoms with Crippen LogP contribution in [0.5, 0.6) is 11.5 Å². The highest BCUT2D eigenvalue weighted by atomic mass is 19.3. The van der Waals surface area contributed by atoms with Gasteiger partial charge in [0.15, 0.2) is 11.5 Å². The molecule has 1 aromatic carbocycles. The Labute approximate surface area is 98.0 Å². The molecule has 0 radical (unpaired) electrons. The lowest BCUT2D eigenvalue weighted by Crippen LogP contribution is -2.24. The molecule has 0 bridgehead atoms. The minimum Gasteiger partial charge on any atom is -0.454 e. The molecule has 0 aliphatic carbocycles. The zero-order chi connectivity index (χ0) is 12.6. The third kappa shape index (κ3) is 2.07. The Balaban J connectivity index is 2.56. The van der Waals surface area contributed by atoms with Gasteiger partial charge in [-0.2, -0.15) is 0 Å². The number of hydrogen-bond donors (Lipinski definition) is 1. The fourth-order valence-electron chi connectivity index (χ4n) is 1.81. The van der Waals surface area contributed by atoms with Crippen LogP contribution >= 0.6 is 0 Å². The van der Waals surface area contributed by atoms with Crippen LogP contribution in [-0.4, -0.2) is 18.5 Å². The van der Waals surface area contributed by atoms with Crippen molar-refractivity contribution in [2.24, 2.45) is 0 Å². The second-order valence-electron chi connectivity index (χ2n) is 4.64. The van der Waals surface area contributed by atoms with Crippen molar-refractivity contribution in [2.45, 2.75) is 25.7 Å². The van der Waals surface area contributed by atoms with Crippen LogP contribution in [0.4, 0.5) is 8.78 Å². The molecule has 0 saturated carbocycles. The van der Waals surface area contributed by atoms with Crippen molar-refractivity contribution in [3.05, 3.63) is 23.3 Å². The molecule has 0 aromatic heterocycles. The van der Waals surface area contributed by atoms with Crippen molar-refractivity contribution in [1.29, 1.82) is 0 Å². The van der Waals surface area contributed by atoms with Gasteiger partial charge < -0.3 is 14.6 Å². The molecule has 1 N–H and O–H groups in total. The van der Waals surface area contributed by atoms with E-state index in [1.165, 1.54) is 12.1 Å². The third-order valence-electron chi connectivity index (χ3n) is 2.90. The normalized spacial score (nSPS) is 14.5. The molecule has 1 aliphatic rings. The fourth-order valence-corrected chi connectivity index (χ4v) is 1.81. The van der Waals surface area contributed by atoms with Gasteiger partial charge in [-0.05, 0) is 17.7 Å². The molecule has 94 valence electrons. The number of aliphatic hydroxyl groups excluding tert-OH is 1. The molecule has 0 spiro atoms. The van der Waals surface area contributed by atoms with E-state index in [9.17, 15) is 13.9 Å². The topological polar surface area (TPSA) is 38.7 Å². The predicted molar refractivity (Wildman–Crippen MR) is 57.6 cm³/mol. The number of benzene rings is 1. The zero-order valence-corrected chi connectivity index (χ0v) is 9.67. The van der Waals surface area contributed by atoms with E-state index in [2.05, 4.69) is 0 Å². The van der Waals surface area contributed by atoms with E-state index >= 15 is 0 Å². The summed E-state index contributed by atoms with van der Waals surface area (Å²) in [4.78, 5) is 0. The molecule has 0 unspecified atom stereocenters. The summed E-state index contributed by atoms with van der Waals surface area (Å²) in [5.41, 5.74) is -0.472. The summed E-state index contributed by atoms with van der Waals surface area (Å²) >= 11 is 0. The van der Waals surface area contributed by atoms with Gasteiger partial charge in [-0.25, -0.2) is 8.78 Å². The van der Waals surface area contributed by atoms with Gasteiger partial charge in [-0.1, -0.05) is 13.8 Å². The molecule has 0 saturated heterocycles. The number of rotatable bonds is 3. The molecule has 1 aromatic rings. The summed E-state index contributed by atoms with van der Waals surface area (Å²) in [5.74, 6) is 0.781. The molecule has 1 aliphatic heterocycles. The van der Waals surface area contributed by atoms with Crippen molar-refractivity contribution in [2.75, 3.05) is 13.4 Å². The number of alkyl halides is 2. The van der Waals surface area contributed by atoms with E-state index in [4.69, 9.17) is 9.47 Å². The smallest absolute Gasteiger partial charge is 0.264 e. The maximum atomic E-state index is 13.0. The lowest BCUT2D eigenvalue weighted by molar-refractivity contribution is 0.144. The van der Waals surface area contributed by atoms with Crippen LogP contribution in [0.2, 0.25) is 0 Å². The van der Waals surface area contributed by atoms with Gasteiger partial charge in [0.1, 0.15) is 0 Å². The number of halogens is 2. The minimum atomic E-state index is -2.61. The van der Waals surface area contributed by atoms with Gasteiger partial charge in [-0.3, -0.25) is 0 Å². The SMILES string of the molecule is CC(C)(CO)c1cc2c(cc1C(F)F)OCO2. The van der Waals surface area contributed by atoms with E-state index < -0.39 is 11.8 Å². The summed E-state index contributed by atoms with van der Waals surface area (Å²) in [6.07, 6.45) is -2.61. The Morgan fingerprint density at radius 1 is 1.29 bits per heavy atom. The Hall–Kier alpha value is -1.36. The molecule has 3 nitrogen and oxygen atoms in total. The summed E-state index contributed by atoms with van der Waals surface area (Å²) in [7, 11) is 0. The van der Waals surface area contributed by atoms with Crippen LogP contribution in [-0.2, 0) is 5.41 Å². The molecule has 17 heavy (non-hydrogen) atoms. The van der Waals surface area contributed by atoms with Crippen LogP contribution in [0.1, 0.15) is 31.4 Å². The molecule has 1 heterocycles. The first-order valence-corrected chi connectivity index (χ1v) is 5.29. The molecule has 0 fully saturated rings. The van der Waals surface area contributed by atoms with E-state index in [0.717, 1.165) is 0 Å². The van der Waals surface area contributed by atoms with Gasteiger partial charge in [-0.15, -0.1) is 0 Å². The maximum Gasteiger partial charge on any atom is 0.264 e.